The van der Waals surface area contributed by atoms with Gasteiger partial charge in [-0.3, -0.25) is 0 Å². The third-order valence-corrected chi connectivity index (χ3v) is 3.52. The van der Waals surface area contributed by atoms with Crippen molar-refractivity contribution in [2.24, 2.45) is 0 Å². The zero-order chi connectivity index (χ0) is 13.1. The van der Waals surface area contributed by atoms with Gasteiger partial charge < -0.3 is 5.32 Å². The second-order valence-corrected chi connectivity index (χ2v) is 4.86. The number of aryl methyl sites for hydroxylation is 1. The lowest BCUT2D eigenvalue weighted by atomic mass is 10.0. The van der Waals surface area contributed by atoms with Gasteiger partial charge in [-0.1, -0.05) is 28.1 Å². The third-order valence-electron chi connectivity index (χ3n) is 2.66. The van der Waals surface area contributed by atoms with Crippen LogP contribution in [-0.4, -0.2) is 13.2 Å². The van der Waals surface area contributed by atoms with E-state index in [0.717, 1.165) is 15.6 Å². The van der Waals surface area contributed by atoms with Crippen molar-refractivity contribution in [3.63, 3.8) is 0 Å². The van der Waals surface area contributed by atoms with Gasteiger partial charge >= 0.3 is 6.18 Å². The molecule has 1 rings (SSSR count). The summed E-state index contributed by atoms with van der Waals surface area (Å²) in [5, 5.41) is 2.92. The zero-order valence-electron chi connectivity index (χ0n) is 9.74. The number of hydrogen-bond acceptors (Lipinski definition) is 1. The Morgan fingerprint density at radius 2 is 2.00 bits per heavy atom. The lowest BCUT2D eigenvalue weighted by Gasteiger charge is -2.18. The molecule has 1 atom stereocenters. The number of nitrogens with one attached hydrogen (secondary N) is 1. The summed E-state index contributed by atoms with van der Waals surface area (Å²) < 4.78 is 37.4. The summed E-state index contributed by atoms with van der Waals surface area (Å²) in [6.45, 7) is 1.94. The molecular weight excluding hydrogens is 295 g/mol. The largest absolute Gasteiger partial charge is 0.389 e. The van der Waals surface area contributed by atoms with Crippen LogP contribution in [0.15, 0.2) is 22.7 Å². The Bertz CT molecular complexity index is 377. The van der Waals surface area contributed by atoms with Crippen molar-refractivity contribution < 1.29 is 13.2 Å². The van der Waals surface area contributed by atoms with Crippen molar-refractivity contribution in [2.75, 3.05) is 7.05 Å². The van der Waals surface area contributed by atoms with Crippen LogP contribution in [0.3, 0.4) is 0 Å². The maximum atomic E-state index is 12.2. The zero-order valence-corrected chi connectivity index (χ0v) is 11.3. The third kappa shape index (κ3) is 4.68. The highest BCUT2D eigenvalue weighted by atomic mass is 79.9. The Hall–Kier alpha value is -0.550. The molecule has 1 aromatic rings. The average molecular weight is 310 g/mol. The Morgan fingerprint density at radius 3 is 2.47 bits per heavy atom. The SMILES string of the molecule is CNC(CCC(F)(F)F)c1ccc(C)c(Br)c1. The molecule has 0 aliphatic carbocycles. The molecule has 0 aliphatic rings. The van der Waals surface area contributed by atoms with E-state index in [-0.39, 0.29) is 12.5 Å². The molecule has 0 aliphatic heterocycles. The van der Waals surface area contributed by atoms with Crippen molar-refractivity contribution in [2.45, 2.75) is 32.0 Å². The first-order valence-corrected chi connectivity index (χ1v) is 6.13. The molecule has 1 N–H and O–H groups in total. The van der Waals surface area contributed by atoms with Crippen molar-refractivity contribution >= 4 is 15.9 Å². The summed E-state index contributed by atoms with van der Waals surface area (Å²) in [6.07, 6.45) is -4.82. The molecule has 1 aromatic carbocycles. The first-order valence-electron chi connectivity index (χ1n) is 5.33. The summed E-state index contributed by atoms with van der Waals surface area (Å²) in [5.74, 6) is 0. The number of rotatable bonds is 4. The van der Waals surface area contributed by atoms with E-state index in [1.54, 1.807) is 7.05 Å². The lowest BCUT2D eigenvalue weighted by molar-refractivity contribution is -0.136. The maximum absolute atomic E-state index is 12.2. The molecule has 0 amide bonds. The quantitative estimate of drug-likeness (QED) is 0.871. The molecule has 0 heterocycles. The van der Waals surface area contributed by atoms with Gasteiger partial charge in [0, 0.05) is 16.9 Å². The van der Waals surface area contributed by atoms with Crippen LogP contribution in [0.1, 0.15) is 30.0 Å². The molecule has 0 saturated carbocycles. The molecular formula is C12H15BrF3N. The number of benzene rings is 1. The normalized spacial score (nSPS) is 13.8. The fourth-order valence-corrected chi connectivity index (χ4v) is 2.01. The van der Waals surface area contributed by atoms with Crippen molar-refractivity contribution in [3.8, 4) is 0 Å². The van der Waals surface area contributed by atoms with Crippen LogP contribution in [0, 0.1) is 6.92 Å². The van der Waals surface area contributed by atoms with Gasteiger partial charge in [0.05, 0.1) is 0 Å². The molecule has 0 radical (unpaired) electrons. The Kier molecular flexibility index (Phi) is 5.01. The van der Waals surface area contributed by atoms with Crippen LogP contribution in [0.2, 0.25) is 0 Å². The minimum atomic E-state index is -4.10. The predicted molar refractivity (Wildman–Crippen MR) is 66.0 cm³/mol. The van der Waals surface area contributed by atoms with Gasteiger partial charge in [-0.2, -0.15) is 13.2 Å². The first kappa shape index (κ1) is 14.5. The minimum absolute atomic E-state index is 0.0511. The highest BCUT2D eigenvalue weighted by Gasteiger charge is 2.28. The van der Waals surface area contributed by atoms with Crippen molar-refractivity contribution in [3.05, 3.63) is 33.8 Å². The van der Waals surface area contributed by atoms with Gasteiger partial charge in [-0.25, -0.2) is 0 Å². The van der Waals surface area contributed by atoms with E-state index < -0.39 is 12.6 Å². The van der Waals surface area contributed by atoms with E-state index in [2.05, 4.69) is 21.2 Å². The van der Waals surface area contributed by atoms with E-state index in [0.29, 0.717) is 0 Å². The lowest BCUT2D eigenvalue weighted by Crippen LogP contribution is -2.19. The van der Waals surface area contributed by atoms with E-state index in [4.69, 9.17) is 0 Å². The number of halogens is 4. The molecule has 0 spiro atoms. The molecule has 0 saturated heterocycles. The van der Waals surface area contributed by atoms with Crippen molar-refractivity contribution in [1.29, 1.82) is 0 Å². The summed E-state index contributed by atoms with van der Waals surface area (Å²) >= 11 is 3.38. The number of alkyl halides is 3. The van der Waals surface area contributed by atoms with E-state index in [9.17, 15) is 13.2 Å². The second-order valence-electron chi connectivity index (χ2n) is 4.00. The Labute approximate surface area is 108 Å². The van der Waals surface area contributed by atoms with Crippen molar-refractivity contribution in [1.82, 2.24) is 5.32 Å². The maximum Gasteiger partial charge on any atom is 0.389 e. The van der Waals surface area contributed by atoms with Gasteiger partial charge in [-0.05, 0) is 37.6 Å². The molecule has 0 aromatic heterocycles. The summed E-state index contributed by atoms with van der Waals surface area (Å²) in [7, 11) is 1.68. The van der Waals surface area contributed by atoms with Gasteiger partial charge in [0.2, 0.25) is 0 Å². The fourth-order valence-electron chi connectivity index (χ4n) is 1.61. The van der Waals surface area contributed by atoms with Crippen LogP contribution >= 0.6 is 15.9 Å². The number of hydrogen-bond donors (Lipinski definition) is 1. The highest BCUT2D eigenvalue weighted by molar-refractivity contribution is 9.10. The molecule has 17 heavy (non-hydrogen) atoms. The van der Waals surface area contributed by atoms with Crippen LogP contribution in [-0.2, 0) is 0 Å². The van der Waals surface area contributed by atoms with Gasteiger partial charge in [0.25, 0.3) is 0 Å². The highest BCUT2D eigenvalue weighted by Crippen LogP contribution is 2.29. The first-order chi connectivity index (χ1) is 7.83. The van der Waals surface area contributed by atoms with Crippen LogP contribution in [0.4, 0.5) is 13.2 Å². The smallest absolute Gasteiger partial charge is 0.313 e. The predicted octanol–water partition coefficient (Wildman–Crippen LogP) is 4.36. The molecule has 1 unspecified atom stereocenters. The summed E-state index contributed by atoms with van der Waals surface area (Å²) in [5.41, 5.74) is 1.94. The molecule has 0 fully saturated rings. The van der Waals surface area contributed by atoms with Gasteiger partial charge in [0.1, 0.15) is 0 Å². The summed E-state index contributed by atoms with van der Waals surface area (Å²) in [6, 6.07) is 5.36. The van der Waals surface area contributed by atoms with E-state index in [1.807, 2.05) is 25.1 Å². The van der Waals surface area contributed by atoms with Gasteiger partial charge in [-0.15, -0.1) is 0 Å². The second kappa shape index (κ2) is 5.87. The van der Waals surface area contributed by atoms with Crippen LogP contribution < -0.4 is 5.32 Å². The average Bonchev–Trinajstić information content (AvgIpc) is 2.22. The van der Waals surface area contributed by atoms with Crippen LogP contribution in [0.5, 0.6) is 0 Å². The molecule has 0 bridgehead atoms. The Morgan fingerprint density at radius 1 is 1.35 bits per heavy atom. The standard InChI is InChI=1S/C12H15BrF3N/c1-8-3-4-9(7-10(8)13)11(17-2)5-6-12(14,15)16/h3-4,7,11,17H,5-6H2,1-2H3. The molecule has 5 heteroatoms. The molecule has 96 valence electrons. The van der Waals surface area contributed by atoms with Gasteiger partial charge in [0.15, 0.2) is 0 Å². The van der Waals surface area contributed by atoms with E-state index in [1.165, 1.54) is 0 Å². The molecule has 1 nitrogen and oxygen atoms in total. The Balaban J connectivity index is 2.76. The minimum Gasteiger partial charge on any atom is -0.313 e. The topological polar surface area (TPSA) is 12.0 Å². The fraction of sp³-hybridized carbons (Fsp3) is 0.500. The monoisotopic (exact) mass is 309 g/mol. The van der Waals surface area contributed by atoms with E-state index >= 15 is 0 Å². The summed E-state index contributed by atoms with van der Waals surface area (Å²) in [4.78, 5) is 0. The van der Waals surface area contributed by atoms with Crippen LogP contribution in [0.25, 0.3) is 0 Å².